The molecule has 0 aliphatic carbocycles. The fraction of sp³-hybridized carbons (Fsp3) is 0.583. The molecule has 0 rings (SSSR count). The zero-order valence-corrected chi connectivity index (χ0v) is 11.3. The molecule has 8 nitrogen and oxygen atoms in total. The van der Waals surface area contributed by atoms with Crippen LogP contribution in [0.25, 0.3) is 0 Å². The Morgan fingerprint density at radius 3 is 2.10 bits per heavy atom. The zero-order chi connectivity index (χ0) is 15.5. The van der Waals surface area contributed by atoms with Crippen molar-refractivity contribution < 1.29 is 19.7 Å². The number of hydrogen-bond donors (Lipinski definition) is 1. The summed E-state index contributed by atoms with van der Waals surface area (Å²) in [6.07, 6.45) is 4.42. The van der Waals surface area contributed by atoms with Crippen LogP contribution in [0.3, 0.4) is 0 Å². The first kappa shape index (κ1) is 17.8. The van der Waals surface area contributed by atoms with E-state index in [4.69, 9.17) is 5.11 Å². The highest BCUT2D eigenvalue weighted by Gasteiger charge is 2.21. The summed E-state index contributed by atoms with van der Waals surface area (Å²) in [6, 6.07) is 0. The van der Waals surface area contributed by atoms with Crippen LogP contribution in [0.4, 0.5) is 0 Å². The first-order chi connectivity index (χ1) is 9.38. The predicted molar refractivity (Wildman–Crippen MR) is 71.2 cm³/mol. The first-order valence-electron chi connectivity index (χ1n) is 6.27. The molecule has 0 bridgehead atoms. The van der Waals surface area contributed by atoms with Gasteiger partial charge in [-0.25, -0.2) is 0 Å². The third-order valence-corrected chi connectivity index (χ3v) is 2.53. The lowest BCUT2D eigenvalue weighted by Crippen LogP contribution is -2.07. The fourth-order valence-corrected chi connectivity index (χ4v) is 1.48. The number of unbranched alkanes of at least 4 members (excludes halogenated alkanes) is 3. The van der Waals surface area contributed by atoms with Crippen LogP contribution in [0.5, 0.6) is 0 Å². The molecule has 1 N–H and O–H groups in total. The summed E-state index contributed by atoms with van der Waals surface area (Å²) in [5.41, 5.74) is -0.736. The summed E-state index contributed by atoms with van der Waals surface area (Å²) in [6.45, 7) is 2.00. The van der Waals surface area contributed by atoms with Crippen molar-refractivity contribution >= 4 is 5.97 Å². The molecule has 0 unspecified atom stereocenters. The Morgan fingerprint density at radius 2 is 1.65 bits per heavy atom. The number of carboxylic acids is 1. The number of allylic oxidation sites excluding steroid dienone is 1. The maximum Gasteiger partial charge on any atom is 0.307 e. The van der Waals surface area contributed by atoms with Gasteiger partial charge in [0.1, 0.15) is 6.42 Å². The van der Waals surface area contributed by atoms with Crippen LogP contribution in [0.2, 0.25) is 0 Å². The zero-order valence-electron chi connectivity index (χ0n) is 11.3. The Hall–Kier alpha value is -2.25. The number of nitro groups is 2. The minimum absolute atomic E-state index is 0.269. The number of carbonyl (C=O) groups is 1. The van der Waals surface area contributed by atoms with E-state index in [2.05, 4.69) is 0 Å². The second-order valence-corrected chi connectivity index (χ2v) is 4.18. The molecule has 8 heteroatoms. The van der Waals surface area contributed by atoms with Gasteiger partial charge in [0, 0.05) is 6.08 Å². The van der Waals surface area contributed by atoms with Crippen LogP contribution in [-0.2, 0) is 4.79 Å². The predicted octanol–water partition coefficient (Wildman–Crippen LogP) is 2.75. The first-order valence-corrected chi connectivity index (χ1v) is 6.27. The lowest BCUT2D eigenvalue weighted by atomic mass is 10.1. The van der Waals surface area contributed by atoms with Gasteiger partial charge in [-0.2, -0.15) is 0 Å². The quantitative estimate of drug-likeness (QED) is 0.374. The summed E-state index contributed by atoms with van der Waals surface area (Å²) in [5.74, 6) is -1.22. The van der Waals surface area contributed by atoms with E-state index in [1.54, 1.807) is 0 Å². The maximum absolute atomic E-state index is 10.8. The van der Waals surface area contributed by atoms with Crippen LogP contribution >= 0.6 is 0 Å². The van der Waals surface area contributed by atoms with Crippen molar-refractivity contribution in [3.8, 4) is 0 Å². The second-order valence-electron chi connectivity index (χ2n) is 4.18. The molecular formula is C12H18N2O6. The SMILES string of the molecule is CCCCCC=C(CC(=CCC(=O)O)[N+](=O)[O-])[N+](=O)[O-]. The Labute approximate surface area is 116 Å². The van der Waals surface area contributed by atoms with Gasteiger partial charge in [-0.1, -0.05) is 19.8 Å². The highest BCUT2D eigenvalue weighted by Crippen LogP contribution is 2.15. The fourth-order valence-electron chi connectivity index (χ4n) is 1.48. The molecule has 0 aromatic rings. The third kappa shape index (κ3) is 7.96. The van der Waals surface area contributed by atoms with E-state index >= 15 is 0 Å². The Kier molecular flexibility index (Phi) is 8.56. The van der Waals surface area contributed by atoms with Gasteiger partial charge in [0.25, 0.3) is 11.4 Å². The molecule has 0 heterocycles. The van der Waals surface area contributed by atoms with Gasteiger partial charge in [0.05, 0.1) is 16.3 Å². The van der Waals surface area contributed by atoms with Crippen LogP contribution < -0.4 is 0 Å². The standard InChI is InChI=1S/C12H18N2O6/c1-2-3-4-5-6-10(13(17)18)9-11(14(19)20)7-8-12(15)16/h6-7H,2-5,8-9H2,1H3,(H,15,16). The second kappa shape index (κ2) is 9.65. The lowest BCUT2D eigenvalue weighted by Gasteiger charge is -1.99. The molecule has 0 spiro atoms. The van der Waals surface area contributed by atoms with Gasteiger partial charge >= 0.3 is 5.97 Å². The Bertz CT molecular complexity index is 428. The molecule has 0 aliphatic heterocycles. The summed E-state index contributed by atoms with van der Waals surface area (Å²) >= 11 is 0. The molecule has 0 aromatic heterocycles. The monoisotopic (exact) mass is 286 g/mol. The van der Waals surface area contributed by atoms with Crippen molar-refractivity contribution in [1.29, 1.82) is 0 Å². The van der Waals surface area contributed by atoms with Gasteiger partial charge in [-0.3, -0.25) is 25.0 Å². The van der Waals surface area contributed by atoms with E-state index < -0.39 is 34.4 Å². The van der Waals surface area contributed by atoms with Gasteiger partial charge in [-0.15, -0.1) is 0 Å². The molecule has 0 amide bonds. The van der Waals surface area contributed by atoms with Gasteiger partial charge < -0.3 is 5.11 Å². The van der Waals surface area contributed by atoms with Crippen molar-refractivity contribution in [2.24, 2.45) is 0 Å². The largest absolute Gasteiger partial charge is 0.481 e. The Balaban J connectivity index is 4.83. The smallest absolute Gasteiger partial charge is 0.307 e. The minimum Gasteiger partial charge on any atom is -0.481 e. The lowest BCUT2D eigenvalue weighted by molar-refractivity contribution is -0.450. The van der Waals surface area contributed by atoms with Crippen LogP contribution in [0.1, 0.15) is 45.4 Å². The molecule has 0 atom stereocenters. The van der Waals surface area contributed by atoms with E-state index in [1.807, 2.05) is 6.92 Å². The van der Waals surface area contributed by atoms with Crippen molar-refractivity contribution in [3.05, 3.63) is 43.8 Å². The number of rotatable bonds is 10. The molecule has 0 saturated heterocycles. The van der Waals surface area contributed by atoms with Crippen LogP contribution in [0, 0.1) is 20.2 Å². The van der Waals surface area contributed by atoms with E-state index in [9.17, 15) is 25.0 Å². The normalized spacial score (nSPS) is 12.2. The molecular weight excluding hydrogens is 268 g/mol. The van der Waals surface area contributed by atoms with Crippen molar-refractivity contribution in [3.63, 3.8) is 0 Å². The van der Waals surface area contributed by atoms with Crippen LogP contribution in [0.15, 0.2) is 23.5 Å². The number of aliphatic carboxylic acids is 1. The third-order valence-electron chi connectivity index (χ3n) is 2.53. The highest BCUT2D eigenvalue weighted by atomic mass is 16.6. The summed E-state index contributed by atoms with van der Waals surface area (Å²) in [5, 5.41) is 30.0. The summed E-state index contributed by atoms with van der Waals surface area (Å²) in [4.78, 5) is 30.5. The van der Waals surface area contributed by atoms with Crippen LogP contribution in [-0.4, -0.2) is 20.9 Å². The van der Waals surface area contributed by atoms with Crippen molar-refractivity contribution in [1.82, 2.24) is 0 Å². The van der Waals surface area contributed by atoms with E-state index in [-0.39, 0.29) is 5.70 Å². The topological polar surface area (TPSA) is 124 Å². The molecule has 0 radical (unpaired) electrons. The molecule has 0 saturated carbocycles. The molecule has 0 fully saturated rings. The number of nitrogens with zero attached hydrogens (tertiary/aromatic N) is 2. The summed E-state index contributed by atoms with van der Waals surface area (Å²) < 4.78 is 0. The average molecular weight is 286 g/mol. The van der Waals surface area contributed by atoms with Gasteiger partial charge in [0.15, 0.2) is 0 Å². The Morgan fingerprint density at radius 1 is 1.10 bits per heavy atom. The number of carboxylic acid groups (broad SMARTS) is 1. The number of hydrogen-bond acceptors (Lipinski definition) is 5. The van der Waals surface area contributed by atoms with E-state index in [0.29, 0.717) is 6.42 Å². The molecule has 0 aliphatic rings. The van der Waals surface area contributed by atoms with E-state index in [0.717, 1.165) is 25.3 Å². The maximum atomic E-state index is 10.8. The van der Waals surface area contributed by atoms with Crippen molar-refractivity contribution in [2.75, 3.05) is 0 Å². The highest BCUT2D eigenvalue weighted by molar-refractivity contribution is 5.68. The molecule has 0 aromatic carbocycles. The molecule has 112 valence electrons. The van der Waals surface area contributed by atoms with E-state index in [1.165, 1.54) is 6.08 Å². The van der Waals surface area contributed by atoms with Gasteiger partial charge in [0.2, 0.25) is 0 Å². The van der Waals surface area contributed by atoms with Gasteiger partial charge in [-0.05, 0) is 18.9 Å². The average Bonchev–Trinajstić information content (AvgIpc) is 2.35. The van der Waals surface area contributed by atoms with Crippen molar-refractivity contribution in [2.45, 2.75) is 45.4 Å². The molecule has 20 heavy (non-hydrogen) atoms. The summed E-state index contributed by atoms with van der Waals surface area (Å²) in [7, 11) is 0. The minimum atomic E-state index is -1.22.